The van der Waals surface area contributed by atoms with E-state index in [0.29, 0.717) is 0 Å². The summed E-state index contributed by atoms with van der Waals surface area (Å²) in [5.41, 5.74) is 0. The van der Waals surface area contributed by atoms with Crippen molar-refractivity contribution in [2.75, 3.05) is 19.8 Å². The largest absolute Gasteiger partial charge is 0.457 e. The lowest BCUT2D eigenvalue weighted by atomic mass is 10.1. The summed E-state index contributed by atoms with van der Waals surface area (Å²) in [6, 6.07) is 0. The molecule has 142 valence electrons. The topological polar surface area (TPSA) is 170 Å². The number of aliphatic hydroxyl groups is 1. The van der Waals surface area contributed by atoms with E-state index in [1.54, 1.807) is 0 Å². The van der Waals surface area contributed by atoms with E-state index >= 15 is 0 Å². The van der Waals surface area contributed by atoms with Crippen LogP contribution in [0.25, 0.3) is 0 Å². The predicted molar refractivity (Wildman–Crippen MR) is 74.0 cm³/mol. The molecule has 2 saturated heterocycles. The minimum absolute atomic E-state index is 0.00759. The second-order valence-corrected chi connectivity index (χ2v) is 5.55. The van der Waals surface area contributed by atoms with E-state index in [9.17, 15) is 30.1 Å². The normalized spacial score (nSPS) is 28.8. The molecule has 13 heteroatoms. The number of aliphatic hydroxyl groups excluding tert-OH is 1. The summed E-state index contributed by atoms with van der Waals surface area (Å²) < 4.78 is 15.9. The fourth-order valence-electron chi connectivity index (χ4n) is 2.68. The molecule has 2 aliphatic heterocycles. The van der Waals surface area contributed by atoms with E-state index in [1.165, 1.54) is 0 Å². The molecule has 1 N–H and O–H groups in total. The highest BCUT2D eigenvalue weighted by Gasteiger charge is 2.48. The fraction of sp³-hybridized carbons (Fsp3) is 0.917. The van der Waals surface area contributed by atoms with Crippen molar-refractivity contribution in [2.45, 2.75) is 49.8 Å². The van der Waals surface area contributed by atoms with Gasteiger partial charge in [-0.05, 0) is 12.8 Å². The highest BCUT2D eigenvalue weighted by atomic mass is 17.0. The van der Waals surface area contributed by atoms with Crippen LogP contribution >= 0.6 is 0 Å². The zero-order valence-electron chi connectivity index (χ0n) is 13.1. The predicted octanol–water partition coefficient (Wildman–Crippen LogP) is -0.988. The first-order valence-corrected chi connectivity index (χ1v) is 7.56. The fourth-order valence-corrected chi connectivity index (χ4v) is 2.68. The van der Waals surface area contributed by atoms with Gasteiger partial charge in [0.2, 0.25) is 0 Å². The van der Waals surface area contributed by atoms with Gasteiger partial charge in [-0.2, -0.15) is 0 Å². The summed E-state index contributed by atoms with van der Waals surface area (Å²) in [5.74, 6) is -0.575. The van der Waals surface area contributed by atoms with Crippen molar-refractivity contribution in [3.63, 3.8) is 0 Å². The first-order valence-electron chi connectivity index (χ1n) is 7.56. The molecule has 2 fully saturated rings. The Labute approximate surface area is 140 Å². The van der Waals surface area contributed by atoms with Gasteiger partial charge < -0.3 is 29.0 Å². The average molecular weight is 366 g/mol. The summed E-state index contributed by atoms with van der Waals surface area (Å²) >= 11 is 0. The van der Waals surface area contributed by atoms with Crippen LogP contribution in [-0.4, -0.2) is 71.6 Å². The van der Waals surface area contributed by atoms with Gasteiger partial charge in [-0.15, -0.1) is 20.2 Å². The molecule has 0 aromatic heterocycles. The van der Waals surface area contributed by atoms with E-state index in [1.807, 2.05) is 0 Å². The third-order valence-electron chi connectivity index (χ3n) is 3.77. The Morgan fingerprint density at radius 2 is 1.92 bits per heavy atom. The van der Waals surface area contributed by atoms with Gasteiger partial charge in [0.1, 0.15) is 31.0 Å². The van der Waals surface area contributed by atoms with Crippen LogP contribution in [-0.2, 0) is 28.7 Å². The van der Waals surface area contributed by atoms with Gasteiger partial charge in [-0.3, -0.25) is 4.79 Å². The number of carbonyl (C=O) groups is 1. The molecule has 0 unspecified atom stereocenters. The molecule has 0 radical (unpaired) electrons. The van der Waals surface area contributed by atoms with Crippen LogP contribution in [0.4, 0.5) is 0 Å². The zero-order valence-corrected chi connectivity index (χ0v) is 13.1. The highest BCUT2D eigenvalue weighted by molar-refractivity contribution is 5.69. The first kappa shape index (κ1) is 19.1. The van der Waals surface area contributed by atoms with Crippen molar-refractivity contribution in [1.82, 2.24) is 0 Å². The van der Waals surface area contributed by atoms with Crippen molar-refractivity contribution < 1.29 is 44.0 Å². The molecule has 0 spiro atoms. The second-order valence-electron chi connectivity index (χ2n) is 5.55. The maximum atomic E-state index is 11.8. The molecule has 0 aromatic carbocycles. The van der Waals surface area contributed by atoms with Crippen LogP contribution in [0.1, 0.15) is 19.3 Å². The van der Waals surface area contributed by atoms with Gasteiger partial charge >= 0.3 is 5.97 Å². The van der Waals surface area contributed by atoms with Gasteiger partial charge in [0.25, 0.3) is 10.2 Å². The molecule has 0 aromatic rings. The van der Waals surface area contributed by atoms with Crippen molar-refractivity contribution >= 4 is 5.97 Å². The van der Waals surface area contributed by atoms with Crippen LogP contribution < -0.4 is 0 Å². The van der Waals surface area contributed by atoms with E-state index in [0.717, 1.165) is 0 Å². The third kappa shape index (κ3) is 5.65. The molecule has 2 aliphatic rings. The molecular formula is C12H18N2O11. The molecule has 0 amide bonds. The number of rotatable bonds is 10. The number of nitrogens with zero attached hydrogens (tertiary/aromatic N) is 2. The van der Waals surface area contributed by atoms with Crippen LogP contribution in [0.2, 0.25) is 0 Å². The van der Waals surface area contributed by atoms with E-state index < -0.39 is 53.3 Å². The second kappa shape index (κ2) is 8.73. The Kier molecular flexibility index (Phi) is 6.66. The lowest BCUT2D eigenvalue weighted by Crippen LogP contribution is -2.34. The van der Waals surface area contributed by atoms with Crippen LogP contribution in [0, 0.1) is 20.2 Å². The smallest absolute Gasteiger partial charge is 0.306 e. The minimum atomic E-state index is -1.17. The highest BCUT2D eigenvalue weighted by Crippen LogP contribution is 2.29. The Balaban J connectivity index is 1.69. The summed E-state index contributed by atoms with van der Waals surface area (Å²) in [6.45, 7) is -0.392. The standard InChI is InChI=1S/C12H18N2O11/c15-8-5-21-12-9(6-22-11(8)12)24-10(16)3-1-2-7(25-14(19)20)4-23-13(17)18/h7-9,11-12,15H,1-6H2/t7-,8+,9+,11-,12-/m1/s1. The lowest BCUT2D eigenvalue weighted by Gasteiger charge is -2.17. The van der Waals surface area contributed by atoms with Crippen molar-refractivity contribution in [3.05, 3.63) is 20.2 Å². The number of esters is 1. The third-order valence-corrected chi connectivity index (χ3v) is 3.77. The molecule has 13 nitrogen and oxygen atoms in total. The number of carbonyl (C=O) groups excluding carboxylic acids is 1. The Morgan fingerprint density at radius 3 is 2.60 bits per heavy atom. The van der Waals surface area contributed by atoms with E-state index in [4.69, 9.17) is 14.2 Å². The van der Waals surface area contributed by atoms with Gasteiger partial charge in [-0.1, -0.05) is 0 Å². The summed E-state index contributed by atoms with van der Waals surface area (Å²) in [7, 11) is 0. The number of hydrogen-bond donors (Lipinski definition) is 1. The molecular weight excluding hydrogens is 348 g/mol. The van der Waals surface area contributed by atoms with E-state index in [-0.39, 0.29) is 32.5 Å². The summed E-state index contributed by atoms with van der Waals surface area (Å²) in [6.07, 6.45) is -3.52. The molecule has 2 heterocycles. The van der Waals surface area contributed by atoms with E-state index in [2.05, 4.69) is 9.68 Å². The monoisotopic (exact) mass is 366 g/mol. The minimum Gasteiger partial charge on any atom is -0.457 e. The maximum Gasteiger partial charge on any atom is 0.306 e. The molecule has 0 saturated carbocycles. The van der Waals surface area contributed by atoms with Crippen molar-refractivity contribution in [1.29, 1.82) is 0 Å². The first-order chi connectivity index (χ1) is 11.9. The van der Waals surface area contributed by atoms with Gasteiger partial charge in [0, 0.05) is 6.42 Å². The van der Waals surface area contributed by atoms with Crippen molar-refractivity contribution in [2.24, 2.45) is 0 Å². The number of hydrogen-bond acceptors (Lipinski definition) is 11. The van der Waals surface area contributed by atoms with Crippen LogP contribution in [0.15, 0.2) is 0 Å². The summed E-state index contributed by atoms with van der Waals surface area (Å²) in [4.78, 5) is 40.6. The molecule has 0 bridgehead atoms. The lowest BCUT2D eigenvalue weighted by molar-refractivity contribution is -0.790. The molecule has 25 heavy (non-hydrogen) atoms. The van der Waals surface area contributed by atoms with Gasteiger partial charge in [-0.25, -0.2) is 0 Å². The SMILES string of the molecule is O=C(CCC[C@H](CO[N+](=O)[O-])O[N+](=O)[O-])O[C@H]1CO[C@H]2[C@@H]1OC[C@@H]2O. The average Bonchev–Trinajstić information content (AvgIpc) is 3.08. The Bertz CT molecular complexity index is 501. The van der Waals surface area contributed by atoms with Crippen LogP contribution in [0.3, 0.4) is 0 Å². The van der Waals surface area contributed by atoms with Crippen molar-refractivity contribution in [3.8, 4) is 0 Å². The van der Waals surface area contributed by atoms with Gasteiger partial charge in [0.05, 0.1) is 13.2 Å². The molecule has 0 aliphatic carbocycles. The number of fused-ring (bicyclic) bond motifs is 1. The Hall–Kier alpha value is -2.25. The molecule has 5 atom stereocenters. The van der Waals surface area contributed by atoms with Crippen LogP contribution in [0.5, 0.6) is 0 Å². The molecule has 2 rings (SSSR count). The maximum absolute atomic E-state index is 11.8. The van der Waals surface area contributed by atoms with Gasteiger partial charge in [0.15, 0.2) is 6.10 Å². The Morgan fingerprint density at radius 1 is 1.20 bits per heavy atom. The summed E-state index contributed by atoms with van der Waals surface area (Å²) in [5, 5.41) is 27.9. The zero-order chi connectivity index (χ0) is 18.4. The quantitative estimate of drug-likeness (QED) is 0.286. The number of ether oxygens (including phenoxy) is 3.